The Hall–Kier alpha value is -1.71. The van der Waals surface area contributed by atoms with Gasteiger partial charge in [-0.25, -0.2) is 4.39 Å². The van der Waals surface area contributed by atoms with Crippen molar-refractivity contribution in [1.82, 2.24) is 5.43 Å². The van der Waals surface area contributed by atoms with E-state index >= 15 is 0 Å². The molecule has 0 aliphatic rings. The summed E-state index contributed by atoms with van der Waals surface area (Å²) in [7, 11) is 0. The zero-order chi connectivity index (χ0) is 13.7. The first kappa shape index (κ1) is 13.7. The molecule has 2 aromatic rings. The predicted molar refractivity (Wildman–Crippen MR) is 78.0 cm³/mol. The van der Waals surface area contributed by atoms with Gasteiger partial charge in [-0.2, -0.15) is 0 Å². The molecular weight excluding hydrogens is 239 g/mol. The van der Waals surface area contributed by atoms with Crippen molar-refractivity contribution >= 4 is 10.8 Å². The van der Waals surface area contributed by atoms with Crippen molar-refractivity contribution in [3.63, 3.8) is 0 Å². The first-order chi connectivity index (χ1) is 9.27. The molecule has 0 amide bonds. The first-order valence-electron chi connectivity index (χ1n) is 6.52. The number of fused-ring (bicyclic) bond motifs is 1. The van der Waals surface area contributed by atoms with Gasteiger partial charge in [-0.3, -0.25) is 11.3 Å². The SMILES string of the molecule is C=CCCCC(NN)c1ccc(F)c2ccccc12. The van der Waals surface area contributed by atoms with Gasteiger partial charge >= 0.3 is 0 Å². The first-order valence-corrected chi connectivity index (χ1v) is 6.52. The van der Waals surface area contributed by atoms with Crippen molar-refractivity contribution in [3.05, 3.63) is 60.4 Å². The molecule has 3 N–H and O–H groups in total. The van der Waals surface area contributed by atoms with E-state index in [1.165, 1.54) is 6.07 Å². The van der Waals surface area contributed by atoms with Gasteiger partial charge in [0.25, 0.3) is 0 Å². The van der Waals surface area contributed by atoms with Gasteiger partial charge in [0.1, 0.15) is 5.82 Å². The number of hydrogen-bond donors (Lipinski definition) is 2. The predicted octanol–water partition coefficient (Wildman–Crippen LogP) is 3.84. The molecule has 100 valence electrons. The standard InChI is InChI=1S/C16H19FN2/c1-2-3-4-9-16(19-18)14-10-11-15(17)13-8-6-5-7-12(13)14/h2,5-8,10-11,16,19H,1,3-4,9,18H2. The molecule has 0 spiro atoms. The molecule has 2 rings (SSSR count). The number of nitrogens with one attached hydrogen (secondary N) is 1. The summed E-state index contributed by atoms with van der Waals surface area (Å²) in [5.41, 5.74) is 3.88. The Morgan fingerprint density at radius 2 is 1.95 bits per heavy atom. The molecule has 0 bridgehead atoms. The molecule has 0 heterocycles. The Morgan fingerprint density at radius 3 is 2.63 bits per heavy atom. The van der Waals surface area contributed by atoms with Gasteiger partial charge in [-0.1, -0.05) is 36.4 Å². The third-order valence-corrected chi connectivity index (χ3v) is 3.38. The summed E-state index contributed by atoms with van der Waals surface area (Å²) in [4.78, 5) is 0. The van der Waals surface area contributed by atoms with Gasteiger partial charge < -0.3 is 0 Å². The number of nitrogens with two attached hydrogens (primary N) is 1. The maximum Gasteiger partial charge on any atom is 0.131 e. The smallest absolute Gasteiger partial charge is 0.131 e. The molecule has 2 aromatic carbocycles. The molecular formula is C16H19FN2. The summed E-state index contributed by atoms with van der Waals surface area (Å²) in [6, 6.07) is 10.9. The van der Waals surface area contributed by atoms with E-state index in [0.29, 0.717) is 5.39 Å². The van der Waals surface area contributed by atoms with Crippen LogP contribution in [0.1, 0.15) is 30.9 Å². The molecule has 0 radical (unpaired) electrons. The van der Waals surface area contributed by atoms with Gasteiger partial charge in [0.15, 0.2) is 0 Å². The van der Waals surface area contributed by atoms with Gasteiger partial charge in [-0.15, -0.1) is 6.58 Å². The van der Waals surface area contributed by atoms with Crippen LogP contribution in [0, 0.1) is 5.82 Å². The van der Waals surface area contributed by atoms with Crippen LogP contribution < -0.4 is 11.3 Å². The second kappa shape index (κ2) is 6.45. The van der Waals surface area contributed by atoms with Crippen LogP contribution in [0.25, 0.3) is 10.8 Å². The molecule has 0 saturated carbocycles. The Labute approximate surface area is 113 Å². The lowest BCUT2D eigenvalue weighted by Gasteiger charge is -2.18. The molecule has 2 nitrogen and oxygen atoms in total. The van der Waals surface area contributed by atoms with E-state index in [4.69, 9.17) is 5.84 Å². The molecule has 0 fully saturated rings. The van der Waals surface area contributed by atoms with Crippen molar-refractivity contribution in [2.75, 3.05) is 0 Å². The van der Waals surface area contributed by atoms with Crippen LogP contribution in [0.5, 0.6) is 0 Å². The van der Waals surface area contributed by atoms with Crippen molar-refractivity contribution in [3.8, 4) is 0 Å². The van der Waals surface area contributed by atoms with E-state index in [1.807, 2.05) is 30.3 Å². The topological polar surface area (TPSA) is 38.0 Å². The Morgan fingerprint density at radius 1 is 1.21 bits per heavy atom. The van der Waals surface area contributed by atoms with Crippen LogP contribution in [-0.2, 0) is 0 Å². The Bertz CT molecular complexity index is 566. The van der Waals surface area contributed by atoms with Crippen LogP contribution in [0.3, 0.4) is 0 Å². The Kier molecular flexibility index (Phi) is 4.66. The highest BCUT2D eigenvalue weighted by atomic mass is 19.1. The highest BCUT2D eigenvalue weighted by Gasteiger charge is 2.13. The number of unbranched alkanes of at least 4 members (excludes halogenated alkanes) is 1. The minimum Gasteiger partial charge on any atom is -0.271 e. The summed E-state index contributed by atoms with van der Waals surface area (Å²) in [5, 5.41) is 1.56. The van der Waals surface area contributed by atoms with Crippen LogP contribution in [0.2, 0.25) is 0 Å². The number of benzene rings is 2. The van der Waals surface area contributed by atoms with Gasteiger partial charge in [0.05, 0.1) is 0 Å². The number of allylic oxidation sites excluding steroid dienone is 1. The van der Waals surface area contributed by atoms with Crippen LogP contribution in [0.4, 0.5) is 4.39 Å². The van der Waals surface area contributed by atoms with Gasteiger partial charge in [-0.05, 0) is 36.3 Å². The lowest BCUT2D eigenvalue weighted by atomic mass is 9.95. The summed E-state index contributed by atoms with van der Waals surface area (Å²) in [5.74, 6) is 5.45. The molecule has 0 aliphatic heterocycles. The molecule has 0 saturated heterocycles. The van der Waals surface area contributed by atoms with Crippen molar-refractivity contribution < 1.29 is 4.39 Å². The van der Waals surface area contributed by atoms with Crippen LogP contribution in [0.15, 0.2) is 49.1 Å². The lowest BCUT2D eigenvalue weighted by Crippen LogP contribution is -2.28. The minimum absolute atomic E-state index is 0.0328. The number of rotatable bonds is 6. The third kappa shape index (κ3) is 3.00. The molecule has 1 unspecified atom stereocenters. The second-order valence-corrected chi connectivity index (χ2v) is 4.62. The minimum atomic E-state index is -0.193. The van der Waals surface area contributed by atoms with Crippen molar-refractivity contribution in [2.45, 2.75) is 25.3 Å². The summed E-state index contributed by atoms with van der Waals surface area (Å²) in [6.45, 7) is 3.72. The molecule has 0 aliphatic carbocycles. The molecule has 19 heavy (non-hydrogen) atoms. The average Bonchev–Trinajstić information content (AvgIpc) is 2.45. The van der Waals surface area contributed by atoms with Gasteiger partial charge in [0, 0.05) is 11.4 Å². The molecule has 3 heteroatoms. The molecule has 1 atom stereocenters. The summed E-state index contributed by atoms with van der Waals surface area (Å²) >= 11 is 0. The van der Waals surface area contributed by atoms with E-state index in [1.54, 1.807) is 6.07 Å². The van der Waals surface area contributed by atoms with E-state index in [9.17, 15) is 4.39 Å². The quantitative estimate of drug-likeness (QED) is 0.357. The Balaban J connectivity index is 2.37. The van der Waals surface area contributed by atoms with E-state index in [0.717, 1.165) is 30.2 Å². The second-order valence-electron chi connectivity index (χ2n) is 4.62. The van der Waals surface area contributed by atoms with E-state index in [2.05, 4.69) is 12.0 Å². The zero-order valence-electron chi connectivity index (χ0n) is 10.9. The number of hydrogen-bond acceptors (Lipinski definition) is 2. The molecule has 0 aromatic heterocycles. The van der Waals surface area contributed by atoms with Crippen LogP contribution in [-0.4, -0.2) is 0 Å². The maximum atomic E-state index is 13.8. The number of hydrazine groups is 1. The highest BCUT2D eigenvalue weighted by Crippen LogP contribution is 2.28. The highest BCUT2D eigenvalue weighted by molar-refractivity contribution is 5.86. The number of halogens is 1. The summed E-state index contributed by atoms with van der Waals surface area (Å²) < 4.78 is 13.8. The maximum absolute atomic E-state index is 13.8. The zero-order valence-corrected chi connectivity index (χ0v) is 10.9. The third-order valence-electron chi connectivity index (χ3n) is 3.38. The average molecular weight is 258 g/mol. The summed E-state index contributed by atoms with van der Waals surface area (Å²) in [6.07, 6.45) is 4.76. The van der Waals surface area contributed by atoms with Crippen LogP contribution >= 0.6 is 0 Å². The normalized spacial score (nSPS) is 12.5. The van der Waals surface area contributed by atoms with E-state index in [-0.39, 0.29) is 11.9 Å². The fraction of sp³-hybridized carbons (Fsp3) is 0.250. The fourth-order valence-electron chi connectivity index (χ4n) is 2.38. The largest absolute Gasteiger partial charge is 0.271 e. The monoisotopic (exact) mass is 258 g/mol. The lowest BCUT2D eigenvalue weighted by molar-refractivity contribution is 0.503. The van der Waals surface area contributed by atoms with Gasteiger partial charge in [0.2, 0.25) is 0 Å². The van der Waals surface area contributed by atoms with E-state index < -0.39 is 0 Å². The fourth-order valence-corrected chi connectivity index (χ4v) is 2.38. The van der Waals surface area contributed by atoms with Crippen molar-refractivity contribution in [2.24, 2.45) is 5.84 Å². The van der Waals surface area contributed by atoms with Crippen molar-refractivity contribution in [1.29, 1.82) is 0 Å².